The number of likely N-dealkylation sites (tertiary alicyclic amines) is 1. The van der Waals surface area contributed by atoms with Crippen molar-refractivity contribution in [1.82, 2.24) is 4.90 Å². The Morgan fingerprint density at radius 2 is 1.65 bits per heavy atom. The van der Waals surface area contributed by atoms with E-state index in [1.54, 1.807) is 24.3 Å². The van der Waals surface area contributed by atoms with Crippen LogP contribution in [0.1, 0.15) is 18.4 Å². The average molecular weight is 472 g/mol. The molecular weight excluding hydrogens is 450 g/mol. The molecule has 0 saturated carbocycles. The van der Waals surface area contributed by atoms with Crippen molar-refractivity contribution in [2.45, 2.75) is 19.4 Å². The number of hydrogen-bond donors (Lipinski definition) is 0. The monoisotopic (exact) mass is 471 g/mol. The Hall–Kier alpha value is -2.38. The maximum atomic E-state index is 11.0. The quantitative estimate of drug-likeness (QED) is 0.391. The third-order valence-electron chi connectivity index (χ3n) is 4.65. The molecule has 0 aromatic heterocycles. The first-order valence-corrected chi connectivity index (χ1v) is 12.1. The van der Waals surface area contributed by atoms with Crippen LogP contribution < -0.4 is 13.1 Å². The van der Waals surface area contributed by atoms with Gasteiger partial charge < -0.3 is 22.2 Å². The number of ether oxygens (including phenoxy) is 1. The lowest BCUT2D eigenvalue weighted by Gasteiger charge is -2.33. The van der Waals surface area contributed by atoms with E-state index in [0.29, 0.717) is 31.0 Å². The van der Waals surface area contributed by atoms with Crippen LogP contribution in [0, 0.1) is 5.92 Å². The average Bonchev–Trinajstić information content (AvgIpc) is 2.66. The summed E-state index contributed by atoms with van der Waals surface area (Å²) in [5.74, 6) is 0.430. The Morgan fingerprint density at radius 3 is 2.39 bits per heavy atom. The van der Waals surface area contributed by atoms with Gasteiger partial charge in [0, 0.05) is 30.6 Å². The normalized spacial score (nSPS) is 17.8. The van der Waals surface area contributed by atoms with Gasteiger partial charge in [-0.2, -0.15) is 0 Å². The summed E-state index contributed by atoms with van der Waals surface area (Å²) in [6.45, 7) is 2.23. The number of para-hydroxylation sites is 1. The fourth-order valence-electron chi connectivity index (χ4n) is 3.45. The SMILES string of the molecule is O=S(=O)([O-])Oc1cccc(OCC2CCCN(Cc3ccccc3OS(=O)(=O)[O-])C2)c1. The highest BCUT2D eigenvalue weighted by Crippen LogP contribution is 2.26. The van der Waals surface area contributed by atoms with Crippen LogP contribution in [0.4, 0.5) is 0 Å². The van der Waals surface area contributed by atoms with E-state index in [0.717, 1.165) is 19.4 Å². The molecule has 2 aromatic carbocycles. The molecule has 0 spiro atoms. The minimum Gasteiger partial charge on any atom is -0.716 e. The molecule has 1 unspecified atom stereocenters. The predicted octanol–water partition coefficient (Wildman–Crippen LogP) is 1.66. The van der Waals surface area contributed by atoms with Crippen LogP contribution >= 0.6 is 0 Å². The Bertz CT molecular complexity index is 1100. The minimum absolute atomic E-state index is 0.0148. The van der Waals surface area contributed by atoms with E-state index in [2.05, 4.69) is 13.3 Å². The summed E-state index contributed by atoms with van der Waals surface area (Å²) in [5, 5.41) is 0. The summed E-state index contributed by atoms with van der Waals surface area (Å²) in [4.78, 5) is 2.11. The highest BCUT2D eigenvalue weighted by molar-refractivity contribution is 7.81. The lowest BCUT2D eigenvalue weighted by atomic mass is 9.98. The third-order valence-corrected chi connectivity index (χ3v) is 5.43. The van der Waals surface area contributed by atoms with Gasteiger partial charge in [0.2, 0.25) is 0 Å². The second kappa shape index (κ2) is 9.83. The van der Waals surface area contributed by atoms with Gasteiger partial charge in [-0.25, -0.2) is 16.8 Å². The molecule has 0 aliphatic carbocycles. The van der Waals surface area contributed by atoms with Crippen LogP contribution in [0.3, 0.4) is 0 Å². The van der Waals surface area contributed by atoms with Crippen molar-refractivity contribution in [1.29, 1.82) is 0 Å². The molecule has 0 radical (unpaired) electrons. The fourth-order valence-corrected chi connectivity index (χ4v) is 4.17. The smallest absolute Gasteiger partial charge is 0.262 e. The van der Waals surface area contributed by atoms with Gasteiger partial charge in [0.25, 0.3) is 20.8 Å². The summed E-state index contributed by atoms with van der Waals surface area (Å²) in [6, 6.07) is 12.3. The fraction of sp³-hybridized carbons (Fsp3) is 0.368. The first-order valence-electron chi connectivity index (χ1n) is 9.41. The molecule has 1 saturated heterocycles. The zero-order valence-corrected chi connectivity index (χ0v) is 18.0. The molecule has 2 aromatic rings. The molecule has 1 heterocycles. The molecule has 0 amide bonds. The van der Waals surface area contributed by atoms with Gasteiger partial charge in [0.05, 0.1) is 6.61 Å². The molecule has 1 aliphatic heterocycles. The first kappa shape index (κ1) is 23.3. The van der Waals surface area contributed by atoms with E-state index in [9.17, 15) is 25.9 Å². The van der Waals surface area contributed by atoms with Gasteiger partial charge in [0.15, 0.2) is 0 Å². The molecule has 1 fully saturated rings. The summed E-state index contributed by atoms with van der Waals surface area (Å²) in [6.07, 6.45) is 1.81. The second-order valence-electron chi connectivity index (χ2n) is 7.12. The van der Waals surface area contributed by atoms with E-state index in [-0.39, 0.29) is 17.4 Å². The van der Waals surface area contributed by atoms with Gasteiger partial charge in [-0.1, -0.05) is 24.3 Å². The number of hydrogen-bond acceptors (Lipinski definition) is 10. The van der Waals surface area contributed by atoms with E-state index >= 15 is 0 Å². The third kappa shape index (κ3) is 7.99. The molecular formula is C19H21NO9S2-2. The van der Waals surface area contributed by atoms with E-state index < -0.39 is 20.8 Å². The standard InChI is InChI=1S/C19H23NO9S2/c21-30(22,23)28-18-8-3-7-17(11-18)27-14-15-5-4-10-20(12-15)13-16-6-1-2-9-19(16)29-31(24,25)26/h1-3,6-9,11,15H,4-5,10,12-14H2,(H,21,22,23)(H,24,25,26)/p-2. The Morgan fingerprint density at radius 1 is 0.935 bits per heavy atom. The van der Waals surface area contributed by atoms with E-state index in [1.807, 2.05) is 0 Å². The van der Waals surface area contributed by atoms with Crippen LogP contribution in [-0.2, 0) is 27.3 Å². The zero-order chi connectivity index (χ0) is 22.5. The lowest BCUT2D eigenvalue weighted by Crippen LogP contribution is -2.37. The largest absolute Gasteiger partial charge is 0.716 e. The summed E-state index contributed by atoms with van der Waals surface area (Å²) < 4.78 is 79.6. The summed E-state index contributed by atoms with van der Waals surface area (Å²) in [7, 11) is -9.72. The summed E-state index contributed by atoms with van der Waals surface area (Å²) in [5.41, 5.74) is 0.590. The second-order valence-corrected chi connectivity index (χ2v) is 9.09. The Balaban J connectivity index is 1.58. The number of rotatable bonds is 9. The highest BCUT2D eigenvalue weighted by atomic mass is 32.3. The topological polar surface area (TPSA) is 145 Å². The number of piperidine rings is 1. The molecule has 170 valence electrons. The van der Waals surface area contributed by atoms with Gasteiger partial charge in [-0.15, -0.1) is 0 Å². The Kier molecular flexibility index (Phi) is 7.38. The van der Waals surface area contributed by atoms with Crippen LogP contribution in [0.25, 0.3) is 0 Å². The van der Waals surface area contributed by atoms with Crippen molar-refractivity contribution >= 4 is 20.8 Å². The molecule has 3 rings (SSSR count). The van der Waals surface area contributed by atoms with Crippen LogP contribution in [0.2, 0.25) is 0 Å². The van der Waals surface area contributed by atoms with Gasteiger partial charge >= 0.3 is 0 Å². The number of nitrogens with zero attached hydrogens (tertiary/aromatic N) is 1. The van der Waals surface area contributed by atoms with Crippen LogP contribution in [0.5, 0.6) is 17.2 Å². The first-order chi connectivity index (χ1) is 14.6. The highest BCUT2D eigenvalue weighted by Gasteiger charge is 2.22. The molecule has 0 bridgehead atoms. The van der Waals surface area contributed by atoms with Crippen LogP contribution in [-0.4, -0.2) is 50.5 Å². The Labute approximate surface area is 181 Å². The molecule has 1 aliphatic rings. The van der Waals surface area contributed by atoms with Gasteiger partial charge in [-0.05, 0) is 37.6 Å². The lowest BCUT2D eigenvalue weighted by molar-refractivity contribution is 0.124. The van der Waals surface area contributed by atoms with Crippen molar-refractivity contribution < 1.29 is 39.0 Å². The summed E-state index contributed by atoms with van der Waals surface area (Å²) >= 11 is 0. The van der Waals surface area contributed by atoms with Crippen molar-refractivity contribution in [2.24, 2.45) is 5.92 Å². The molecule has 31 heavy (non-hydrogen) atoms. The maximum Gasteiger partial charge on any atom is 0.262 e. The zero-order valence-electron chi connectivity index (χ0n) is 16.4. The molecule has 10 nitrogen and oxygen atoms in total. The molecule has 1 atom stereocenters. The van der Waals surface area contributed by atoms with Crippen LogP contribution in [0.15, 0.2) is 48.5 Å². The van der Waals surface area contributed by atoms with Crippen molar-refractivity contribution in [2.75, 3.05) is 19.7 Å². The predicted molar refractivity (Wildman–Crippen MR) is 107 cm³/mol. The van der Waals surface area contributed by atoms with Crippen molar-refractivity contribution in [3.8, 4) is 17.2 Å². The molecule has 12 heteroatoms. The maximum absolute atomic E-state index is 11.0. The van der Waals surface area contributed by atoms with Crippen molar-refractivity contribution in [3.05, 3.63) is 54.1 Å². The van der Waals surface area contributed by atoms with E-state index in [4.69, 9.17) is 4.74 Å². The number of benzene rings is 2. The van der Waals surface area contributed by atoms with E-state index in [1.165, 1.54) is 24.3 Å². The molecule has 0 N–H and O–H groups in total. The minimum atomic E-state index is -4.86. The van der Waals surface area contributed by atoms with Gasteiger partial charge in [-0.3, -0.25) is 4.90 Å². The van der Waals surface area contributed by atoms with Gasteiger partial charge in [0.1, 0.15) is 17.2 Å². The van der Waals surface area contributed by atoms with Crippen molar-refractivity contribution in [3.63, 3.8) is 0 Å².